The molecule has 132 valence electrons. The molecule has 2 aromatic heterocycles. The lowest BCUT2D eigenvalue weighted by atomic mass is 9.86. The zero-order valence-electron chi connectivity index (χ0n) is 14.3. The summed E-state index contributed by atoms with van der Waals surface area (Å²) in [5, 5.41) is 3.00. The Hall–Kier alpha value is -2.77. The minimum absolute atomic E-state index is 0.0449. The van der Waals surface area contributed by atoms with E-state index in [2.05, 4.69) is 20.3 Å². The highest BCUT2D eigenvalue weighted by atomic mass is 16.5. The number of aromatic nitrogens is 4. The van der Waals surface area contributed by atoms with E-state index < -0.39 is 0 Å². The molecule has 2 aromatic rings. The van der Waals surface area contributed by atoms with E-state index in [9.17, 15) is 9.59 Å². The zero-order valence-corrected chi connectivity index (χ0v) is 14.3. The summed E-state index contributed by atoms with van der Waals surface area (Å²) in [6.45, 7) is 0. The number of nitrogens with one attached hydrogen (secondary N) is 1. The van der Waals surface area contributed by atoms with E-state index in [0.29, 0.717) is 11.5 Å². The molecule has 1 aliphatic carbocycles. The van der Waals surface area contributed by atoms with Gasteiger partial charge in [0.25, 0.3) is 5.91 Å². The maximum absolute atomic E-state index is 12.5. The Morgan fingerprint density at radius 1 is 1.28 bits per heavy atom. The number of carbonyl (C=O) groups is 2. The molecule has 0 spiro atoms. The van der Waals surface area contributed by atoms with Gasteiger partial charge < -0.3 is 14.6 Å². The Bertz CT molecular complexity index is 765. The molecule has 1 fully saturated rings. The molecule has 2 heterocycles. The van der Waals surface area contributed by atoms with Crippen LogP contribution >= 0.6 is 0 Å². The maximum Gasteiger partial charge on any atom is 0.308 e. The maximum atomic E-state index is 12.5. The highest BCUT2D eigenvalue weighted by molar-refractivity contribution is 5.92. The summed E-state index contributed by atoms with van der Waals surface area (Å²) in [6, 6.07) is 1.64. The summed E-state index contributed by atoms with van der Waals surface area (Å²) in [6.07, 6.45) is 7.84. The van der Waals surface area contributed by atoms with E-state index in [1.807, 2.05) is 7.05 Å². The number of methoxy groups -OCH3 is 1. The normalized spacial score (nSPS) is 20.1. The second-order valence-corrected chi connectivity index (χ2v) is 6.20. The van der Waals surface area contributed by atoms with Crippen molar-refractivity contribution < 1.29 is 14.3 Å². The van der Waals surface area contributed by atoms with E-state index in [1.165, 1.54) is 7.11 Å². The Labute approximate surface area is 145 Å². The molecule has 1 aliphatic rings. The molecule has 0 aromatic carbocycles. The van der Waals surface area contributed by atoms with Gasteiger partial charge in [-0.1, -0.05) is 0 Å². The van der Waals surface area contributed by atoms with Gasteiger partial charge in [0.15, 0.2) is 5.82 Å². The van der Waals surface area contributed by atoms with Gasteiger partial charge in [-0.3, -0.25) is 9.59 Å². The lowest BCUT2D eigenvalue weighted by molar-refractivity contribution is -0.146. The Morgan fingerprint density at radius 3 is 2.68 bits per heavy atom. The summed E-state index contributed by atoms with van der Waals surface area (Å²) >= 11 is 0. The number of rotatable bonds is 4. The molecule has 1 saturated carbocycles. The number of esters is 1. The van der Waals surface area contributed by atoms with Crippen LogP contribution in [0, 0.1) is 5.92 Å². The Kier molecular flexibility index (Phi) is 5.06. The van der Waals surface area contributed by atoms with Crippen molar-refractivity contribution >= 4 is 11.9 Å². The van der Waals surface area contributed by atoms with E-state index >= 15 is 0 Å². The second kappa shape index (κ2) is 7.42. The average molecular weight is 343 g/mol. The fourth-order valence-electron chi connectivity index (χ4n) is 3.08. The third-order valence-electron chi connectivity index (χ3n) is 4.53. The monoisotopic (exact) mass is 343 g/mol. The number of ether oxygens (including phenoxy) is 1. The smallest absolute Gasteiger partial charge is 0.308 e. The predicted molar refractivity (Wildman–Crippen MR) is 89.5 cm³/mol. The van der Waals surface area contributed by atoms with E-state index in [1.54, 1.807) is 29.4 Å². The molecule has 0 radical (unpaired) electrons. The number of carbonyl (C=O) groups excluding carboxylic acids is 2. The molecule has 0 saturated heterocycles. The first kappa shape index (κ1) is 17.1. The molecule has 0 bridgehead atoms. The standard InChI is InChI=1S/C17H21N5O3/c1-22-10-18-9-14(22)15-19-8-7-13(21-15)16(23)20-12-5-3-11(4-6-12)17(24)25-2/h7-12H,3-6H2,1-2H3,(H,20,23). The van der Waals surface area contributed by atoms with Crippen molar-refractivity contribution in [3.05, 3.63) is 30.5 Å². The van der Waals surface area contributed by atoms with E-state index in [-0.39, 0.29) is 23.8 Å². The van der Waals surface area contributed by atoms with Crippen molar-refractivity contribution in [2.45, 2.75) is 31.7 Å². The molecular formula is C17H21N5O3. The van der Waals surface area contributed by atoms with Crippen LogP contribution in [0.4, 0.5) is 0 Å². The van der Waals surface area contributed by atoms with Crippen LogP contribution in [0.1, 0.15) is 36.2 Å². The number of nitrogens with zero attached hydrogens (tertiary/aromatic N) is 4. The number of aryl methyl sites for hydroxylation is 1. The molecule has 0 aliphatic heterocycles. The summed E-state index contributed by atoms with van der Waals surface area (Å²) in [4.78, 5) is 36.6. The van der Waals surface area contributed by atoms with E-state index in [0.717, 1.165) is 31.4 Å². The minimum atomic E-state index is -0.229. The topological polar surface area (TPSA) is 99.0 Å². The van der Waals surface area contributed by atoms with Gasteiger partial charge in [-0.25, -0.2) is 15.0 Å². The van der Waals surface area contributed by atoms with Crippen LogP contribution in [0.15, 0.2) is 24.8 Å². The SMILES string of the molecule is COC(=O)C1CCC(NC(=O)c2ccnc(-c3cncn3C)n2)CC1. The van der Waals surface area contributed by atoms with Crippen molar-refractivity contribution in [3.63, 3.8) is 0 Å². The van der Waals surface area contributed by atoms with Gasteiger partial charge >= 0.3 is 5.97 Å². The quantitative estimate of drug-likeness (QED) is 0.841. The number of hydrogen-bond donors (Lipinski definition) is 1. The summed E-state index contributed by atoms with van der Waals surface area (Å²) < 4.78 is 6.58. The van der Waals surface area contributed by atoms with Crippen LogP contribution in [-0.4, -0.2) is 44.5 Å². The van der Waals surface area contributed by atoms with Crippen molar-refractivity contribution in [1.82, 2.24) is 24.8 Å². The Balaban J connectivity index is 1.63. The van der Waals surface area contributed by atoms with Crippen LogP contribution in [0.25, 0.3) is 11.5 Å². The van der Waals surface area contributed by atoms with Crippen LogP contribution in [-0.2, 0) is 16.6 Å². The van der Waals surface area contributed by atoms with Gasteiger partial charge in [-0.05, 0) is 31.7 Å². The summed E-state index contributed by atoms with van der Waals surface area (Å²) in [5.41, 5.74) is 1.06. The fraction of sp³-hybridized carbons (Fsp3) is 0.471. The van der Waals surface area contributed by atoms with Crippen molar-refractivity contribution in [2.24, 2.45) is 13.0 Å². The molecular weight excluding hydrogens is 322 g/mol. The van der Waals surface area contributed by atoms with Crippen LogP contribution in [0.2, 0.25) is 0 Å². The minimum Gasteiger partial charge on any atom is -0.469 e. The molecule has 0 atom stereocenters. The summed E-state index contributed by atoms with van der Waals surface area (Å²) in [7, 11) is 3.25. The molecule has 1 amide bonds. The first-order valence-corrected chi connectivity index (χ1v) is 8.27. The third-order valence-corrected chi connectivity index (χ3v) is 4.53. The van der Waals surface area contributed by atoms with Crippen LogP contribution in [0.5, 0.6) is 0 Å². The van der Waals surface area contributed by atoms with E-state index in [4.69, 9.17) is 4.74 Å². The molecule has 25 heavy (non-hydrogen) atoms. The van der Waals surface area contributed by atoms with Gasteiger partial charge in [0.05, 0.1) is 25.6 Å². The van der Waals surface area contributed by atoms with Crippen molar-refractivity contribution in [2.75, 3.05) is 7.11 Å². The Morgan fingerprint density at radius 2 is 2.04 bits per heavy atom. The number of hydrogen-bond acceptors (Lipinski definition) is 6. The van der Waals surface area contributed by atoms with Crippen LogP contribution < -0.4 is 5.32 Å². The van der Waals surface area contributed by atoms with Crippen molar-refractivity contribution in [3.8, 4) is 11.5 Å². The molecule has 8 nitrogen and oxygen atoms in total. The zero-order chi connectivity index (χ0) is 17.8. The van der Waals surface area contributed by atoms with Gasteiger partial charge in [0.2, 0.25) is 0 Å². The average Bonchev–Trinajstić information content (AvgIpc) is 3.07. The van der Waals surface area contributed by atoms with Gasteiger partial charge in [-0.2, -0.15) is 0 Å². The lowest BCUT2D eigenvalue weighted by Crippen LogP contribution is -2.39. The number of imidazole rings is 1. The van der Waals surface area contributed by atoms with Gasteiger partial charge in [0, 0.05) is 19.3 Å². The fourth-order valence-corrected chi connectivity index (χ4v) is 3.08. The summed E-state index contributed by atoms with van der Waals surface area (Å²) in [5.74, 6) is 0.00410. The predicted octanol–water partition coefficient (Wildman–Crippen LogP) is 1.34. The lowest BCUT2D eigenvalue weighted by Gasteiger charge is -2.27. The highest BCUT2D eigenvalue weighted by Gasteiger charge is 2.28. The van der Waals surface area contributed by atoms with Crippen molar-refractivity contribution in [1.29, 1.82) is 0 Å². The number of amides is 1. The first-order valence-electron chi connectivity index (χ1n) is 8.27. The third kappa shape index (κ3) is 3.84. The molecule has 8 heteroatoms. The molecule has 0 unspecified atom stereocenters. The molecule has 1 N–H and O–H groups in total. The second-order valence-electron chi connectivity index (χ2n) is 6.20. The van der Waals surface area contributed by atoms with Crippen LogP contribution in [0.3, 0.4) is 0 Å². The largest absolute Gasteiger partial charge is 0.469 e. The first-order chi connectivity index (χ1) is 12.1. The van der Waals surface area contributed by atoms with Gasteiger partial charge in [0.1, 0.15) is 11.4 Å². The molecule has 3 rings (SSSR count). The van der Waals surface area contributed by atoms with Gasteiger partial charge in [-0.15, -0.1) is 0 Å². The highest BCUT2D eigenvalue weighted by Crippen LogP contribution is 2.25.